The second-order valence-corrected chi connectivity index (χ2v) is 4.51. The number of carbonyl (C=O) groups is 2. The van der Waals surface area contributed by atoms with E-state index in [1.165, 1.54) is 13.8 Å². The molecule has 1 atom stereocenters. The SMILES string of the molecule is CCOC(=O)C(CC(=O)[O-])S(=O)(=O)OCC.[Na+]. The molecule has 0 aromatic carbocycles. The smallest absolute Gasteiger partial charge is 0.550 e. The molecule has 0 radical (unpaired) electrons. The summed E-state index contributed by atoms with van der Waals surface area (Å²) in [6.45, 7) is 2.63. The van der Waals surface area contributed by atoms with Gasteiger partial charge in [0.05, 0.1) is 13.2 Å². The minimum absolute atomic E-state index is 0. The predicted octanol–water partition coefficient (Wildman–Crippen LogP) is -4.57. The maximum atomic E-state index is 11.4. The van der Waals surface area contributed by atoms with Crippen molar-refractivity contribution in [1.82, 2.24) is 0 Å². The Bertz CT molecular complexity index is 351. The van der Waals surface area contributed by atoms with Gasteiger partial charge in [-0.2, -0.15) is 8.42 Å². The van der Waals surface area contributed by atoms with Crippen LogP contribution in [0.3, 0.4) is 0 Å². The zero-order valence-corrected chi connectivity index (χ0v) is 12.8. The van der Waals surface area contributed by atoms with Gasteiger partial charge < -0.3 is 14.6 Å². The standard InChI is InChI=1S/C8H14O7S.Na/c1-3-14-8(11)6(5-7(9)10)16(12,13)15-4-2;/h6H,3-5H2,1-2H3,(H,9,10);/q;+1/p-1. The second-order valence-electron chi connectivity index (χ2n) is 2.72. The van der Waals surface area contributed by atoms with Gasteiger partial charge in [0.15, 0.2) is 5.25 Å². The fourth-order valence-electron chi connectivity index (χ4n) is 0.936. The molecule has 0 rings (SSSR count). The number of carbonyl (C=O) groups excluding carboxylic acids is 2. The van der Waals surface area contributed by atoms with E-state index < -0.39 is 33.7 Å². The van der Waals surface area contributed by atoms with Crippen LogP contribution in [0, 0.1) is 0 Å². The molecule has 1 unspecified atom stereocenters. The van der Waals surface area contributed by atoms with Crippen molar-refractivity contribution in [2.24, 2.45) is 0 Å². The van der Waals surface area contributed by atoms with Crippen LogP contribution in [0.2, 0.25) is 0 Å². The molecular weight excluding hydrogens is 263 g/mol. The fraction of sp³-hybridized carbons (Fsp3) is 0.750. The Morgan fingerprint density at radius 1 is 1.24 bits per heavy atom. The zero-order chi connectivity index (χ0) is 12.8. The maximum Gasteiger partial charge on any atom is 1.00 e. The van der Waals surface area contributed by atoms with Gasteiger partial charge in [-0.25, -0.2) is 0 Å². The number of aliphatic carboxylic acids is 1. The van der Waals surface area contributed by atoms with Crippen LogP contribution >= 0.6 is 0 Å². The van der Waals surface area contributed by atoms with Gasteiger partial charge in [0.1, 0.15) is 0 Å². The molecule has 0 bridgehead atoms. The maximum absolute atomic E-state index is 11.4. The Morgan fingerprint density at radius 3 is 2.12 bits per heavy atom. The van der Waals surface area contributed by atoms with Crippen molar-refractivity contribution in [3.63, 3.8) is 0 Å². The number of carboxylic acid groups (broad SMARTS) is 1. The minimum Gasteiger partial charge on any atom is -0.550 e. The van der Waals surface area contributed by atoms with Gasteiger partial charge in [-0.05, 0) is 13.8 Å². The molecule has 9 heteroatoms. The van der Waals surface area contributed by atoms with Gasteiger partial charge in [0.25, 0.3) is 10.1 Å². The Labute approximate surface area is 122 Å². The van der Waals surface area contributed by atoms with Crippen LogP contribution < -0.4 is 34.7 Å². The zero-order valence-electron chi connectivity index (χ0n) is 9.96. The molecule has 0 heterocycles. The summed E-state index contributed by atoms with van der Waals surface area (Å²) >= 11 is 0. The average molecular weight is 276 g/mol. The van der Waals surface area contributed by atoms with Crippen molar-refractivity contribution in [2.75, 3.05) is 13.2 Å². The number of ether oxygens (including phenoxy) is 1. The van der Waals surface area contributed by atoms with Crippen molar-refractivity contribution in [3.8, 4) is 0 Å². The van der Waals surface area contributed by atoms with E-state index in [1.807, 2.05) is 0 Å². The van der Waals surface area contributed by atoms with Crippen LogP contribution in [0.1, 0.15) is 20.3 Å². The van der Waals surface area contributed by atoms with E-state index >= 15 is 0 Å². The van der Waals surface area contributed by atoms with E-state index in [2.05, 4.69) is 8.92 Å². The number of hydrogen-bond donors (Lipinski definition) is 0. The first-order chi connectivity index (χ1) is 7.35. The fourth-order valence-corrected chi connectivity index (χ4v) is 2.07. The average Bonchev–Trinajstić information content (AvgIpc) is 2.13. The van der Waals surface area contributed by atoms with Crippen molar-refractivity contribution in [2.45, 2.75) is 25.5 Å². The quantitative estimate of drug-likeness (QED) is 0.261. The Hall–Kier alpha value is -0.150. The van der Waals surface area contributed by atoms with Crippen LogP contribution in [-0.2, 0) is 28.6 Å². The van der Waals surface area contributed by atoms with E-state index in [1.54, 1.807) is 0 Å². The number of esters is 1. The van der Waals surface area contributed by atoms with Crippen LogP contribution in [-0.4, -0.2) is 38.8 Å². The molecule has 7 nitrogen and oxygen atoms in total. The van der Waals surface area contributed by atoms with Crippen LogP contribution in [0.25, 0.3) is 0 Å². The third kappa shape index (κ3) is 6.99. The molecule has 0 N–H and O–H groups in total. The molecule has 0 spiro atoms. The van der Waals surface area contributed by atoms with Gasteiger partial charge in [0, 0.05) is 12.4 Å². The summed E-state index contributed by atoms with van der Waals surface area (Å²) in [6, 6.07) is 0. The molecule has 17 heavy (non-hydrogen) atoms. The van der Waals surface area contributed by atoms with Gasteiger partial charge in [-0.1, -0.05) is 0 Å². The number of rotatable bonds is 7. The number of hydrogen-bond acceptors (Lipinski definition) is 7. The third-order valence-corrected chi connectivity index (χ3v) is 3.15. The van der Waals surface area contributed by atoms with E-state index in [0.717, 1.165) is 0 Å². The molecule has 0 aromatic heterocycles. The minimum atomic E-state index is -4.28. The van der Waals surface area contributed by atoms with Gasteiger partial charge in [-0.15, -0.1) is 0 Å². The molecule has 0 saturated heterocycles. The van der Waals surface area contributed by atoms with Gasteiger partial charge in [0.2, 0.25) is 0 Å². The van der Waals surface area contributed by atoms with Crippen LogP contribution in [0.4, 0.5) is 0 Å². The summed E-state index contributed by atoms with van der Waals surface area (Å²) in [5, 5.41) is 8.45. The number of carboxylic acids is 1. The monoisotopic (exact) mass is 276 g/mol. The van der Waals surface area contributed by atoms with Gasteiger partial charge >= 0.3 is 35.5 Å². The summed E-state index contributed by atoms with van der Waals surface area (Å²) in [5.74, 6) is -2.82. The van der Waals surface area contributed by atoms with E-state index in [0.29, 0.717) is 0 Å². The molecule has 0 aliphatic carbocycles. The molecule has 0 fully saturated rings. The summed E-state index contributed by atoms with van der Waals surface area (Å²) in [6.07, 6.45) is -0.985. The molecule has 94 valence electrons. The first kappa shape index (κ1) is 19.2. The van der Waals surface area contributed by atoms with E-state index in [4.69, 9.17) is 0 Å². The van der Waals surface area contributed by atoms with Crippen molar-refractivity contribution < 1.29 is 61.6 Å². The first-order valence-electron chi connectivity index (χ1n) is 4.59. The molecular formula is C8H13NaO7S. The molecule has 0 saturated carbocycles. The Balaban J connectivity index is 0. The molecule has 0 aliphatic heterocycles. The Kier molecular flexibility index (Phi) is 10.0. The largest absolute Gasteiger partial charge is 1.00 e. The summed E-state index contributed by atoms with van der Waals surface area (Å²) in [4.78, 5) is 21.6. The van der Waals surface area contributed by atoms with Gasteiger partial charge in [-0.3, -0.25) is 8.98 Å². The predicted molar refractivity (Wildman–Crippen MR) is 50.6 cm³/mol. The molecule has 0 aliphatic rings. The first-order valence-corrected chi connectivity index (χ1v) is 6.07. The van der Waals surface area contributed by atoms with E-state index in [9.17, 15) is 23.1 Å². The van der Waals surface area contributed by atoms with Crippen LogP contribution in [0.15, 0.2) is 0 Å². The van der Waals surface area contributed by atoms with Crippen molar-refractivity contribution in [1.29, 1.82) is 0 Å². The third-order valence-electron chi connectivity index (χ3n) is 1.53. The van der Waals surface area contributed by atoms with E-state index in [-0.39, 0.29) is 42.8 Å². The summed E-state index contributed by atoms with van der Waals surface area (Å²) in [7, 11) is -4.28. The van der Waals surface area contributed by atoms with Crippen LogP contribution in [0.5, 0.6) is 0 Å². The van der Waals surface area contributed by atoms with Crippen molar-refractivity contribution >= 4 is 22.1 Å². The summed E-state index contributed by atoms with van der Waals surface area (Å²) < 4.78 is 31.5. The normalized spacial score (nSPS) is 12.4. The second kappa shape index (κ2) is 8.87. The molecule has 0 aromatic rings. The summed E-state index contributed by atoms with van der Waals surface area (Å²) in [5.41, 5.74) is 0. The van der Waals surface area contributed by atoms with Crippen molar-refractivity contribution in [3.05, 3.63) is 0 Å². The Morgan fingerprint density at radius 2 is 1.76 bits per heavy atom. The topological polar surface area (TPSA) is 110 Å². The molecule has 0 amide bonds.